The van der Waals surface area contributed by atoms with Crippen LogP contribution in [0.15, 0.2) is 65.7 Å². The van der Waals surface area contributed by atoms with Crippen molar-refractivity contribution in [3.8, 4) is 0 Å². The van der Waals surface area contributed by atoms with Crippen molar-refractivity contribution >= 4 is 16.8 Å². The molecule has 3 rings (SSSR count). The molecule has 0 radical (unpaired) electrons. The fraction of sp³-hybridized carbons (Fsp3) is 0.286. The molecule has 0 aliphatic carbocycles. The highest BCUT2D eigenvalue weighted by Crippen LogP contribution is 2.06. The van der Waals surface area contributed by atoms with E-state index >= 15 is 0 Å². The zero-order valence-electron chi connectivity index (χ0n) is 14.9. The van der Waals surface area contributed by atoms with Crippen molar-refractivity contribution in [2.75, 3.05) is 0 Å². The molecule has 1 atom stereocenters. The summed E-state index contributed by atoms with van der Waals surface area (Å²) in [5, 5.41) is 3.58. The second-order valence-corrected chi connectivity index (χ2v) is 6.50. The number of hydrogen-bond donors (Lipinski definition) is 1. The maximum absolute atomic E-state index is 12.4. The van der Waals surface area contributed by atoms with Crippen LogP contribution in [0.3, 0.4) is 0 Å². The summed E-state index contributed by atoms with van der Waals surface area (Å²) in [5.74, 6) is -0.0504. The van der Waals surface area contributed by atoms with Gasteiger partial charge in [-0.05, 0) is 37.5 Å². The van der Waals surface area contributed by atoms with Crippen molar-refractivity contribution < 1.29 is 4.79 Å². The lowest BCUT2D eigenvalue weighted by Gasteiger charge is -2.14. The molecule has 5 nitrogen and oxygen atoms in total. The molecule has 1 heterocycles. The second-order valence-electron chi connectivity index (χ2n) is 6.50. The molecule has 0 spiro atoms. The molecule has 134 valence electrons. The molecule has 0 aliphatic heterocycles. The highest BCUT2D eigenvalue weighted by Gasteiger charge is 2.09. The van der Waals surface area contributed by atoms with Crippen LogP contribution >= 0.6 is 0 Å². The number of carbonyl (C=O) groups excluding carboxylic acids is 1. The summed E-state index contributed by atoms with van der Waals surface area (Å²) < 4.78 is 1.50. The minimum Gasteiger partial charge on any atom is -0.354 e. The van der Waals surface area contributed by atoms with Gasteiger partial charge in [0.25, 0.3) is 5.56 Å². The summed E-state index contributed by atoms with van der Waals surface area (Å²) in [6.07, 6.45) is 3.58. The molecule has 0 bridgehead atoms. The van der Waals surface area contributed by atoms with Gasteiger partial charge in [0.1, 0.15) is 0 Å². The normalized spacial score (nSPS) is 12.0. The Hall–Kier alpha value is -2.95. The molecule has 1 unspecified atom stereocenters. The Balaban J connectivity index is 1.51. The van der Waals surface area contributed by atoms with Gasteiger partial charge >= 0.3 is 0 Å². The SMILES string of the molecule is CC(CCc1ccccc1)NC(=O)CCn1cnc2ccccc2c1=O. The van der Waals surface area contributed by atoms with Crippen LogP contribution in [0, 0.1) is 0 Å². The van der Waals surface area contributed by atoms with E-state index in [1.54, 1.807) is 6.07 Å². The van der Waals surface area contributed by atoms with Crippen LogP contribution in [0.1, 0.15) is 25.3 Å². The molecule has 0 aliphatic rings. The number of nitrogens with one attached hydrogen (secondary N) is 1. The number of hydrogen-bond acceptors (Lipinski definition) is 3. The Kier molecular flexibility index (Phi) is 5.79. The van der Waals surface area contributed by atoms with Crippen LogP contribution in [0.5, 0.6) is 0 Å². The van der Waals surface area contributed by atoms with Gasteiger partial charge in [-0.1, -0.05) is 42.5 Å². The number of para-hydroxylation sites is 1. The van der Waals surface area contributed by atoms with Crippen molar-refractivity contribution in [3.05, 3.63) is 76.8 Å². The number of aryl methyl sites for hydroxylation is 2. The number of rotatable bonds is 7. The second kappa shape index (κ2) is 8.43. The lowest BCUT2D eigenvalue weighted by molar-refractivity contribution is -0.121. The quantitative estimate of drug-likeness (QED) is 0.713. The Morgan fingerprint density at radius 2 is 1.85 bits per heavy atom. The van der Waals surface area contributed by atoms with Crippen molar-refractivity contribution in [2.45, 2.75) is 38.8 Å². The van der Waals surface area contributed by atoms with Crippen LogP contribution in [-0.2, 0) is 17.8 Å². The van der Waals surface area contributed by atoms with Gasteiger partial charge in [-0.15, -0.1) is 0 Å². The fourth-order valence-corrected chi connectivity index (χ4v) is 2.93. The van der Waals surface area contributed by atoms with E-state index in [9.17, 15) is 9.59 Å². The fourth-order valence-electron chi connectivity index (χ4n) is 2.93. The molecule has 0 fully saturated rings. The minimum atomic E-state index is -0.111. The first-order valence-corrected chi connectivity index (χ1v) is 8.91. The lowest BCUT2D eigenvalue weighted by atomic mass is 10.1. The van der Waals surface area contributed by atoms with E-state index in [0.29, 0.717) is 17.4 Å². The van der Waals surface area contributed by atoms with E-state index in [0.717, 1.165) is 12.8 Å². The number of fused-ring (bicyclic) bond motifs is 1. The van der Waals surface area contributed by atoms with Crippen LogP contribution in [0.4, 0.5) is 0 Å². The highest BCUT2D eigenvalue weighted by molar-refractivity contribution is 5.77. The van der Waals surface area contributed by atoms with Crippen molar-refractivity contribution in [1.82, 2.24) is 14.9 Å². The summed E-state index contributed by atoms with van der Waals surface area (Å²) in [6, 6.07) is 17.5. The monoisotopic (exact) mass is 349 g/mol. The Morgan fingerprint density at radius 1 is 1.12 bits per heavy atom. The number of aromatic nitrogens is 2. The average Bonchev–Trinajstić information content (AvgIpc) is 2.67. The van der Waals surface area contributed by atoms with Gasteiger partial charge in [-0.3, -0.25) is 14.2 Å². The molecule has 26 heavy (non-hydrogen) atoms. The average molecular weight is 349 g/mol. The van der Waals surface area contributed by atoms with Gasteiger partial charge in [-0.2, -0.15) is 0 Å². The van der Waals surface area contributed by atoms with E-state index in [4.69, 9.17) is 0 Å². The van der Waals surface area contributed by atoms with E-state index in [-0.39, 0.29) is 23.9 Å². The molecule has 2 aromatic carbocycles. The molecular weight excluding hydrogens is 326 g/mol. The Labute approximate surface area is 152 Å². The highest BCUT2D eigenvalue weighted by atomic mass is 16.2. The first kappa shape index (κ1) is 17.9. The first-order chi connectivity index (χ1) is 12.6. The van der Waals surface area contributed by atoms with E-state index in [2.05, 4.69) is 22.4 Å². The summed E-state index contributed by atoms with van der Waals surface area (Å²) in [6.45, 7) is 2.33. The van der Waals surface area contributed by atoms with Gasteiger partial charge in [0.05, 0.1) is 17.2 Å². The van der Waals surface area contributed by atoms with Gasteiger partial charge in [0, 0.05) is 19.0 Å². The Morgan fingerprint density at radius 3 is 2.65 bits per heavy atom. The van der Waals surface area contributed by atoms with Gasteiger partial charge in [0.15, 0.2) is 0 Å². The number of carbonyl (C=O) groups is 1. The third-order valence-electron chi connectivity index (χ3n) is 4.43. The minimum absolute atomic E-state index is 0.0504. The van der Waals surface area contributed by atoms with Crippen LogP contribution in [-0.4, -0.2) is 21.5 Å². The van der Waals surface area contributed by atoms with E-state index in [1.807, 2.05) is 43.3 Å². The van der Waals surface area contributed by atoms with Gasteiger partial charge in [-0.25, -0.2) is 4.98 Å². The van der Waals surface area contributed by atoms with Crippen molar-refractivity contribution in [3.63, 3.8) is 0 Å². The molecule has 5 heteroatoms. The van der Waals surface area contributed by atoms with Crippen LogP contribution < -0.4 is 10.9 Å². The molecule has 0 saturated heterocycles. The molecule has 3 aromatic rings. The third kappa shape index (κ3) is 4.57. The van der Waals surface area contributed by atoms with Crippen molar-refractivity contribution in [1.29, 1.82) is 0 Å². The maximum Gasteiger partial charge on any atom is 0.261 e. The predicted molar refractivity (Wildman–Crippen MR) is 103 cm³/mol. The van der Waals surface area contributed by atoms with Crippen LogP contribution in [0.25, 0.3) is 10.9 Å². The third-order valence-corrected chi connectivity index (χ3v) is 4.43. The summed E-state index contributed by atoms with van der Waals surface area (Å²) in [5.41, 5.74) is 1.83. The zero-order chi connectivity index (χ0) is 18.4. The van der Waals surface area contributed by atoms with E-state index < -0.39 is 0 Å². The topological polar surface area (TPSA) is 64.0 Å². The number of benzene rings is 2. The smallest absolute Gasteiger partial charge is 0.261 e. The standard InChI is InChI=1S/C21H23N3O2/c1-16(11-12-17-7-3-2-4-8-17)23-20(25)13-14-24-15-22-19-10-6-5-9-18(19)21(24)26/h2-10,15-16H,11-14H2,1H3,(H,23,25). The maximum atomic E-state index is 12.4. The zero-order valence-corrected chi connectivity index (χ0v) is 14.9. The predicted octanol–water partition coefficient (Wildman–Crippen LogP) is 2.92. The molecule has 1 amide bonds. The van der Waals surface area contributed by atoms with Gasteiger partial charge < -0.3 is 5.32 Å². The Bertz CT molecular complexity index is 935. The molecular formula is C21H23N3O2. The van der Waals surface area contributed by atoms with Gasteiger partial charge in [0.2, 0.25) is 5.91 Å². The van der Waals surface area contributed by atoms with Crippen molar-refractivity contribution in [2.24, 2.45) is 0 Å². The van der Waals surface area contributed by atoms with E-state index in [1.165, 1.54) is 16.5 Å². The molecule has 0 saturated carbocycles. The summed E-state index contributed by atoms with van der Waals surface area (Å²) >= 11 is 0. The number of nitrogens with zero attached hydrogens (tertiary/aromatic N) is 2. The van der Waals surface area contributed by atoms with Crippen LogP contribution in [0.2, 0.25) is 0 Å². The largest absolute Gasteiger partial charge is 0.354 e. The molecule has 1 N–H and O–H groups in total. The lowest BCUT2D eigenvalue weighted by Crippen LogP contribution is -2.34. The first-order valence-electron chi connectivity index (χ1n) is 8.91. The summed E-state index contributed by atoms with van der Waals surface area (Å²) in [4.78, 5) is 28.9. The summed E-state index contributed by atoms with van der Waals surface area (Å²) in [7, 11) is 0. The number of amides is 1. The molecule has 1 aromatic heterocycles.